The van der Waals surface area contributed by atoms with Gasteiger partial charge in [0.15, 0.2) is 0 Å². The molecular formula is C30H42O7. The molecule has 1 saturated heterocycles. The Hall–Kier alpha value is -1.86. The fraction of sp³-hybridized carbons (Fsp3) is 0.800. The summed E-state index contributed by atoms with van der Waals surface area (Å²) in [5.41, 5.74) is -0.653. The normalized spacial score (nSPS) is 51.2. The fourth-order valence-electron chi connectivity index (χ4n) is 10.8. The summed E-state index contributed by atoms with van der Waals surface area (Å²) >= 11 is 0. The van der Waals surface area contributed by atoms with E-state index in [0.29, 0.717) is 18.8 Å². The van der Waals surface area contributed by atoms with Crippen molar-refractivity contribution in [1.29, 1.82) is 0 Å². The Labute approximate surface area is 219 Å². The molecule has 1 aromatic heterocycles. The molecule has 1 aromatic rings. The van der Waals surface area contributed by atoms with Crippen molar-refractivity contribution in [2.45, 2.75) is 117 Å². The Balaban J connectivity index is 1.48. The van der Waals surface area contributed by atoms with Crippen LogP contribution in [0.25, 0.3) is 0 Å². The number of aliphatic hydroxyl groups is 1. The molecule has 0 bridgehead atoms. The lowest BCUT2D eigenvalue weighted by atomic mass is 9.35. The third-order valence-corrected chi connectivity index (χ3v) is 12.3. The van der Waals surface area contributed by atoms with Crippen molar-refractivity contribution >= 4 is 11.9 Å². The van der Waals surface area contributed by atoms with Crippen molar-refractivity contribution in [3.63, 3.8) is 0 Å². The van der Waals surface area contributed by atoms with E-state index in [1.807, 2.05) is 6.26 Å². The highest BCUT2D eigenvalue weighted by molar-refractivity contribution is 5.67. The highest BCUT2D eigenvalue weighted by Crippen LogP contribution is 2.82. The van der Waals surface area contributed by atoms with Crippen molar-refractivity contribution in [1.82, 2.24) is 0 Å². The van der Waals surface area contributed by atoms with Crippen LogP contribution >= 0.6 is 0 Å². The van der Waals surface area contributed by atoms with Crippen LogP contribution in [0.2, 0.25) is 0 Å². The first-order chi connectivity index (χ1) is 17.2. The average molecular weight is 515 g/mol. The van der Waals surface area contributed by atoms with E-state index >= 15 is 0 Å². The summed E-state index contributed by atoms with van der Waals surface area (Å²) < 4.78 is 24.3. The molecule has 0 aromatic carbocycles. The molecule has 1 N–H and O–H groups in total. The van der Waals surface area contributed by atoms with E-state index in [2.05, 4.69) is 40.7 Å². The van der Waals surface area contributed by atoms with Gasteiger partial charge in [-0.1, -0.05) is 34.6 Å². The summed E-state index contributed by atoms with van der Waals surface area (Å²) in [6, 6.07) is 2.08. The zero-order valence-electron chi connectivity index (χ0n) is 23.2. The van der Waals surface area contributed by atoms with Crippen molar-refractivity contribution in [3.05, 3.63) is 24.2 Å². The minimum atomic E-state index is -0.637. The van der Waals surface area contributed by atoms with Gasteiger partial charge in [0.25, 0.3) is 0 Å². The van der Waals surface area contributed by atoms with Crippen LogP contribution in [0.1, 0.15) is 92.1 Å². The predicted molar refractivity (Wildman–Crippen MR) is 134 cm³/mol. The van der Waals surface area contributed by atoms with E-state index in [0.717, 1.165) is 19.3 Å². The number of epoxide rings is 1. The summed E-state index contributed by atoms with van der Waals surface area (Å²) in [4.78, 5) is 24.5. The molecule has 0 amide bonds. The zero-order valence-corrected chi connectivity index (χ0v) is 23.2. The quantitative estimate of drug-likeness (QED) is 0.447. The largest absolute Gasteiger partial charge is 0.472 e. The molecule has 5 fully saturated rings. The second-order valence-electron chi connectivity index (χ2n) is 13.9. The molecule has 2 heterocycles. The van der Waals surface area contributed by atoms with E-state index in [1.165, 1.54) is 19.4 Å². The fourth-order valence-corrected chi connectivity index (χ4v) is 10.8. The van der Waals surface area contributed by atoms with Crippen LogP contribution < -0.4 is 0 Å². The summed E-state index contributed by atoms with van der Waals surface area (Å²) in [6.45, 7) is 14.1. The Morgan fingerprint density at radius 1 is 0.973 bits per heavy atom. The van der Waals surface area contributed by atoms with Gasteiger partial charge in [-0.25, -0.2) is 0 Å². The van der Waals surface area contributed by atoms with E-state index in [9.17, 15) is 14.7 Å². The van der Waals surface area contributed by atoms with Gasteiger partial charge in [0.05, 0.1) is 24.7 Å². The van der Waals surface area contributed by atoms with Crippen molar-refractivity contribution < 1.29 is 33.3 Å². The molecule has 4 saturated carbocycles. The van der Waals surface area contributed by atoms with Gasteiger partial charge in [-0.05, 0) is 55.1 Å². The molecule has 0 unspecified atom stereocenters. The lowest BCUT2D eigenvalue weighted by Gasteiger charge is -2.70. The maximum Gasteiger partial charge on any atom is 0.302 e. The van der Waals surface area contributed by atoms with Gasteiger partial charge in [-0.2, -0.15) is 0 Å². The van der Waals surface area contributed by atoms with Gasteiger partial charge >= 0.3 is 11.9 Å². The van der Waals surface area contributed by atoms with Gasteiger partial charge < -0.3 is 23.7 Å². The maximum absolute atomic E-state index is 12.6. The van der Waals surface area contributed by atoms with Gasteiger partial charge in [0.1, 0.15) is 17.8 Å². The van der Waals surface area contributed by atoms with Crippen LogP contribution in [0, 0.1) is 33.5 Å². The number of carbonyl (C=O) groups excluding carboxylic acids is 2. The molecule has 4 aliphatic carbocycles. The summed E-state index contributed by atoms with van der Waals surface area (Å²) in [7, 11) is 0. The third-order valence-electron chi connectivity index (χ3n) is 12.3. The van der Waals surface area contributed by atoms with Crippen molar-refractivity contribution in [3.8, 4) is 0 Å². The van der Waals surface area contributed by atoms with E-state index in [4.69, 9.17) is 18.6 Å². The van der Waals surface area contributed by atoms with Crippen LogP contribution in [-0.2, 0) is 23.8 Å². The van der Waals surface area contributed by atoms with Gasteiger partial charge in [0, 0.05) is 41.9 Å². The number of ether oxygens (including phenoxy) is 3. The van der Waals surface area contributed by atoms with Crippen LogP contribution in [0.5, 0.6) is 0 Å². The summed E-state index contributed by atoms with van der Waals surface area (Å²) in [5.74, 6) is -0.225. The van der Waals surface area contributed by atoms with Crippen LogP contribution in [0.4, 0.5) is 0 Å². The topological polar surface area (TPSA) is 98.5 Å². The zero-order chi connectivity index (χ0) is 26.8. The third kappa shape index (κ3) is 2.91. The van der Waals surface area contributed by atoms with Crippen molar-refractivity contribution in [2.24, 2.45) is 33.5 Å². The minimum Gasteiger partial charge on any atom is -0.472 e. The second kappa shape index (κ2) is 7.62. The number of hydrogen-bond donors (Lipinski definition) is 1. The lowest BCUT2D eigenvalue weighted by Crippen LogP contribution is -2.73. The highest BCUT2D eigenvalue weighted by Gasteiger charge is 2.87. The molecule has 11 atom stereocenters. The number of furan rings is 1. The standard InChI is InChI=1S/C30H42O7/c1-16(31)35-23-14-22(33)28(6)20-8-10-27(5)19(18-9-11-34-15-18)12-25-30(27,37-25)29(20,7)24(36-17(2)32)13-21(28)26(23,3)4/h9,11,15,19-25,33H,8,10,12-14H2,1-7H3/t19-,20+,21-,22-,23+,24+,25+,27-,28+,29-,30+/m0/s1. The summed E-state index contributed by atoms with van der Waals surface area (Å²) in [6.07, 6.45) is 6.14. The number of aliphatic hydroxyl groups excluding tert-OH is 1. The first-order valence-electron chi connectivity index (χ1n) is 14.0. The van der Waals surface area contributed by atoms with Crippen LogP contribution in [-0.4, -0.2) is 47.1 Å². The SMILES string of the molecule is CC(=O)O[C@@H]1C[C@H](O)[C@]2(C)[C@H]3CC[C@@]4(C)[C@H](c5ccoc5)C[C@H]5O[C@]54[C@]3(C)[C@H](OC(C)=O)C[C@H]2C1(C)C. The smallest absolute Gasteiger partial charge is 0.302 e. The molecule has 204 valence electrons. The molecule has 5 aliphatic rings. The van der Waals surface area contributed by atoms with Gasteiger partial charge in [-0.3, -0.25) is 9.59 Å². The van der Waals surface area contributed by atoms with E-state index < -0.39 is 34.1 Å². The molecule has 1 spiro atoms. The van der Waals surface area contributed by atoms with Crippen molar-refractivity contribution in [2.75, 3.05) is 0 Å². The average Bonchev–Trinajstić information content (AvgIpc) is 3.16. The van der Waals surface area contributed by atoms with Gasteiger partial charge in [0.2, 0.25) is 0 Å². The Morgan fingerprint density at radius 2 is 1.65 bits per heavy atom. The molecule has 7 nitrogen and oxygen atoms in total. The maximum atomic E-state index is 12.6. The lowest BCUT2D eigenvalue weighted by molar-refractivity contribution is -0.287. The number of rotatable bonds is 3. The van der Waals surface area contributed by atoms with Gasteiger partial charge in [-0.15, -0.1) is 0 Å². The minimum absolute atomic E-state index is 0.000412. The number of hydrogen-bond acceptors (Lipinski definition) is 7. The van der Waals surface area contributed by atoms with E-state index in [-0.39, 0.29) is 41.4 Å². The van der Waals surface area contributed by atoms with E-state index in [1.54, 1.807) is 6.26 Å². The molecule has 1 aliphatic heterocycles. The van der Waals surface area contributed by atoms with Crippen LogP contribution in [0.3, 0.4) is 0 Å². The Morgan fingerprint density at radius 3 is 2.27 bits per heavy atom. The highest BCUT2D eigenvalue weighted by atomic mass is 16.6. The predicted octanol–water partition coefficient (Wildman–Crippen LogP) is 5.01. The number of carbonyl (C=O) groups is 2. The molecule has 37 heavy (non-hydrogen) atoms. The number of fused-ring (bicyclic) bond motifs is 3. The number of esters is 2. The summed E-state index contributed by atoms with van der Waals surface area (Å²) in [5, 5.41) is 11.9. The first-order valence-corrected chi connectivity index (χ1v) is 14.0. The molecule has 0 radical (unpaired) electrons. The van der Waals surface area contributed by atoms with Crippen LogP contribution in [0.15, 0.2) is 23.0 Å². The molecule has 6 rings (SSSR count). The second-order valence-corrected chi connectivity index (χ2v) is 13.9. The Bertz CT molecular complexity index is 1110. The first kappa shape index (κ1) is 25.4. The monoisotopic (exact) mass is 514 g/mol. The molecular weight excluding hydrogens is 472 g/mol. The molecule has 7 heteroatoms. The Kier molecular flexibility index (Phi) is 5.24.